The van der Waals surface area contributed by atoms with Crippen molar-refractivity contribution in [2.75, 3.05) is 6.07 Å². The van der Waals surface area contributed by atoms with Crippen LogP contribution in [0.2, 0.25) is 0 Å². The Bertz CT molecular complexity index is 215. The van der Waals surface area contributed by atoms with Gasteiger partial charge in [-0.3, -0.25) is 0 Å². The van der Waals surface area contributed by atoms with E-state index in [4.69, 9.17) is 16.3 Å². The quantitative estimate of drug-likeness (QED) is 0.536. The van der Waals surface area contributed by atoms with E-state index in [1.165, 1.54) is 0 Å². The first-order valence-corrected chi connectivity index (χ1v) is 3.79. The first kappa shape index (κ1) is 7.76. The maximum atomic E-state index is 5.35. The highest BCUT2D eigenvalue weighted by Gasteiger charge is 1.94. The Kier molecular flexibility index (Phi) is 2.90. The third-order valence-corrected chi connectivity index (χ3v) is 1.55. The molecule has 1 rings (SSSR count). The van der Waals surface area contributed by atoms with Crippen molar-refractivity contribution in [2.45, 2.75) is 4.90 Å². The molecule has 0 amide bonds. The maximum absolute atomic E-state index is 5.35. The zero-order valence-electron chi connectivity index (χ0n) is 5.25. The number of rotatable bonds is 2. The summed E-state index contributed by atoms with van der Waals surface area (Å²) in [6, 6.07) is 7.61. The Labute approximate surface area is 70.4 Å². The lowest BCUT2D eigenvalue weighted by Gasteiger charge is -2.02. The van der Waals surface area contributed by atoms with Crippen molar-refractivity contribution < 1.29 is 4.74 Å². The SMILES string of the molecule is Sc1ccccc1OCCl. The lowest BCUT2D eigenvalue weighted by molar-refractivity contribution is 0.379. The first-order chi connectivity index (χ1) is 4.84. The molecule has 0 saturated heterocycles. The van der Waals surface area contributed by atoms with E-state index < -0.39 is 0 Å². The number of hydrogen-bond acceptors (Lipinski definition) is 2. The Morgan fingerprint density at radius 2 is 2.10 bits per heavy atom. The number of hydrogen-bond donors (Lipinski definition) is 1. The van der Waals surface area contributed by atoms with Crippen LogP contribution in [0.3, 0.4) is 0 Å². The van der Waals surface area contributed by atoms with Crippen LogP contribution in [0.1, 0.15) is 0 Å². The van der Waals surface area contributed by atoms with Crippen LogP contribution in [-0.2, 0) is 0 Å². The smallest absolute Gasteiger partial charge is 0.162 e. The summed E-state index contributed by atoms with van der Waals surface area (Å²) in [5.74, 6) is 0.723. The Balaban J connectivity index is 2.81. The third kappa shape index (κ3) is 1.82. The normalized spacial score (nSPS) is 9.40. The minimum Gasteiger partial charge on any atom is -0.477 e. The van der Waals surface area contributed by atoms with E-state index in [1.807, 2.05) is 24.3 Å². The Hall–Kier alpha value is -0.340. The highest BCUT2D eigenvalue weighted by Crippen LogP contribution is 2.21. The second kappa shape index (κ2) is 3.74. The highest BCUT2D eigenvalue weighted by atomic mass is 35.5. The van der Waals surface area contributed by atoms with Gasteiger partial charge >= 0.3 is 0 Å². The maximum Gasteiger partial charge on any atom is 0.162 e. The summed E-state index contributed by atoms with van der Waals surface area (Å²) in [5.41, 5.74) is 0. The van der Waals surface area contributed by atoms with Crippen LogP contribution in [0, 0.1) is 0 Å². The summed E-state index contributed by atoms with van der Waals surface area (Å²) in [6.07, 6.45) is 0. The van der Waals surface area contributed by atoms with Gasteiger partial charge in [-0.05, 0) is 12.1 Å². The summed E-state index contributed by atoms with van der Waals surface area (Å²) in [5, 5.41) is 0. The largest absolute Gasteiger partial charge is 0.477 e. The highest BCUT2D eigenvalue weighted by molar-refractivity contribution is 7.80. The van der Waals surface area contributed by atoms with Crippen LogP contribution in [-0.4, -0.2) is 6.07 Å². The predicted molar refractivity (Wildman–Crippen MR) is 45.0 cm³/mol. The molecule has 0 aliphatic heterocycles. The van der Waals surface area contributed by atoms with E-state index in [0.717, 1.165) is 10.6 Å². The van der Waals surface area contributed by atoms with E-state index in [2.05, 4.69) is 12.6 Å². The van der Waals surface area contributed by atoms with Gasteiger partial charge in [0.2, 0.25) is 0 Å². The van der Waals surface area contributed by atoms with Gasteiger partial charge in [0.1, 0.15) is 5.75 Å². The van der Waals surface area contributed by atoms with E-state index in [0.29, 0.717) is 0 Å². The van der Waals surface area contributed by atoms with Gasteiger partial charge in [-0.15, -0.1) is 12.6 Å². The molecule has 0 N–H and O–H groups in total. The molecule has 3 heteroatoms. The van der Waals surface area contributed by atoms with Gasteiger partial charge in [0.25, 0.3) is 0 Å². The van der Waals surface area contributed by atoms with Crippen molar-refractivity contribution in [1.82, 2.24) is 0 Å². The molecule has 1 aromatic carbocycles. The zero-order chi connectivity index (χ0) is 7.40. The predicted octanol–water partition coefficient (Wildman–Crippen LogP) is 2.55. The van der Waals surface area contributed by atoms with Crippen molar-refractivity contribution in [3.8, 4) is 5.75 Å². The molecule has 0 spiro atoms. The van der Waals surface area contributed by atoms with Crippen LogP contribution in [0.15, 0.2) is 29.2 Å². The number of thiol groups is 1. The molecular weight excluding hydrogens is 168 g/mol. The average molecular weight is 175 g/mol. The molecule has 0 fully saturated rings. The third-order valence-electron chi connectivity index (χ3n) is 1.08. The molecule has 0 saturated carbocycles. The topological polar surface area (TPSA) is 9.23 Å². The van der Waals surface area contributed by atoms with Gasteiger partial charge in [-0.1, -0.05) is 23.7 Å². The number of halogens is 1. The molecule has 0 aliphatic carbocycles. The van der Waals surface area contributed by atoms with E-state index >= 15 is 0 Å². The molecule has 10 heavy (non-hydrogen) atoms. The Morgan fingerprint density at radius 3 is 2.70 bits per heavy atom. The fraction of sp³-hybridized carbons (Fsp3) is 0.143. The molecule has 0 unspecified atom stereocenters. The van der Waals surface area contributed by atoms with Crippen LogP contribution >= 0.6 is 24.2 Å². The molecule has 0 atom stereocenters. The molecule has 54 valence electrons. The standard InChI is InChI=1S/C7H7ClOS/c8-5-9-6-3-1-2-4-7(6)10/h1-4,10H,5H2. The molecule has 0 heterocycles. The second-order valence-corrected chi connectivity index (χ2v) is 2.42. The number of ether oxygens (including phenoxy) is 1. The molecule has 0 aliphatic rings. The van der Waals surface area contributed by atoms with Crippen molar-refractivity contribution in [3.63, 3.8) is 0 Å². The summed E-state index contributed by atoms with van der Waals surface area (Å²) in [7, 11) is 0. The van der Waals surface area contributed by atoms with Crippen molar-refractivity contribution in [1.29, 1.82) is 0 Å². The van der Waals surface area contributed by atoms with Crippen LogP contribution in [0.4, 0.5) is 0 Å². The number of alkyl halides is 1. The number of para-hydroxylation sites is 1. The van der Waals surface area contributed by atoms with Crippen molar-refractivity contribution in [2.24, 2.45) is 0 Å². The molecule has 0 radical (unpaired) electrons. The summed E-state index contributed by atoms with van der Waals surface area (Å²) in [6.45, 7) is 0. The molecule has 0 bridgehead atoms. The summed E-state index contributed by atoms with van der Waals surface area (Å²) >= 11 is 9.50. The molecule has 0 aromatic heterocycles. The molecular formula is C7H7ClOS. The summed E-state index contributed by atoms with van der Waals surface area (Å²) < 4.78 is 5.03. The number of benzene rings is 1. The van der Waals surface area contributed by atoms with Gasteiger partial charge in [0, 0.05) is 4.90 Å². The van der Waals surface area contributed by atoms with E-state index in [-0.39, 0.29) is 6.07 Å². The lowest BCUT2D eigenvalue weighted by atomic mass is 10.3. The fourth-order valence-corrected chi connectivity index (χ4v) is 0.981. The lowest BCUT2D eigenvalue weighted by Crippen LogP contribution is -1.88. The van der Waals surface area contributed by atoms with Crippen LogP contribution < -0.4 is 4.74 Å². The zero-order valence-corrected chi connectivity index (χ0v) is 6.90. The van der Waals surface area contributed by atoms with Crippen LogP contribution in [0.25, 0.3) is 0 Å². The average Bonchev–Trinajstić information content (AvgIpc) is 1.94. The fourth-order valence-electron chi connectivity index (χ4n) is 0.638. The monoisotopic (exact) mass is 174 g/mol. The van der Waals surface area contributed by atoms with Gasteiger partial charge < -0.3 is 4.74 Å². The van der Waals surface area contributed by atoms with E-state index in [1.54, 1.807) is 0 Å². The minimum absolute atomic E-state index is 0.164. The molecule has 1 nitrogen and oxygen atoms in total. The van der Waals surface area contributed by atoms with Crippen LogP contribution in [0.5, 0.6) is 5.75 Å². The molecule has 1 aromatic rings. The van der Waals surface area contributed by atoms with Crippen molar-refractivity contribution in [3.05, 3.63) is 24.3 Å². The van der Waals surface area contributed by atoms with Gasteiger partial charge in [0.05, 0.1) is 0 Å². The van der Waals surface area contributed by atoms with Crippen molar-refractivity contribution >= 4 is 24.2 Å². The summed E-state index contributed by atoms with van der Waals surface area (Å²) in [4.78, 5) is 0.808. The second-order valence-electron chi connectivity index (χ2n) is 1.72. The van der Waals surface area contributed by atoms with E-state index in [9.17, 15) is 0 Å². The van der Waals surface area contributed by atoms with Gasteiger partial charge in [0.15, 0.2) is 6.07 Å². The van der Waals surface area contributed by atoms with Gasteiger partial charge in [-0.2, -0.15) is 0 Å². The first-order valence-electron chi connectivity index (χ1n) is 2.81. The minimum atomic E-state index is 0.164. The Morgan fingerprint density at radius 1 is 1.40 bits per heavy atom. The van der Waals surface area contributed by atoms with Gasteiger partial charge in [-0.25, -0.2) is 0 Å².